The van der Waals surface area contributed by atoms with Crippen LogP contribution in [0.15, 0.2) is 0 Å². The summed E-state index contributed by atoms with van der Waals surface area (Å²) < 4.78 is 0. The largest absolute Gasteiger partial charge is 0.309 e. The Hall–Kier alpha value is -0.120. The van der Waals surface area contributed by atoms with Gasteiger partial charge in [0.15, 0.2) is 0 Å². The van der Waals surface area contributed by atoms with Crippen molar-refractivity contribution in [1.29, 1.82) is 0 Å². The topological polar surface area (TPSA) is 18.5 Å². The van der Waals surface area contributed by atoms with Crippen molar-refractivity contribution in [2.45, 2.75) is 111 Å². The van der Waals surface area contributed by atoms with Crippen LogP contribution in [0.25, 0.3) is 0 Å². The van der Waals surface area contributed by atoms with Gasteiger partial charge in [-0.15, -0.1) is 0 Å². The van der Waals surface area contributed by atoms with Crippen molar-refractivity contribution in [3.63, 3.8) is 0 Å². The smallest absolute Gasteiger partial charge is 0.00990 e. The molecule has 2 heterocycles. The number of nitrogens with zero attached hydrogens (tertiary/aromatic N) is 2. The van der Waals surface area contributed by atoms with Crippen molar-refractivity contribution in [1.82, 2.24) is 15.1 Å². The van der Waals surface area contributed by atoms with Gasteiger partial charge in [0.25, 0.3) is 0 Å². The number of hydrogen-bond acceptors (Lipinski definition) is 3. The quantitative estimate of drug-likeness (QED) is 0.714. The van der Waals surface area contributed by atoms with E-state index < -0.39 is 0 Å². The van der Waals surface area contributed by atoms with E-state index in [9.17, 15) is 0 Å². The minimum atomic E-state index is 0.261. The summed E-state index contributed by atoms with van der Waals surface area (Å²) in [5.41, 5.74) is 0.760. The molecule has 0 aromatic rings. The lowest BCUT2D eigenvalue weighted by Gasteiger charge is -2.44. The summed E-state index contributed by atoms with van der Waals surface area (Å²) in [4.78, 5) is 5.63. The molecule has 0 spiro atoms. The molecule has 3 nitrogen and oxygen atoms in total. The van der Waals surface area contributed by atoms with E-state index in [1.807, 2.05) is 0 Å². The minimum Gasteiger partial charge on any atom is -0.309 e. The van der Waals surface area contributed by atoms with Crippen molar-refractivity contribution in [3.8, 4) is 0 Å². The van der Waals surface area contributed by atoms with E-state index in [1.54, 1.807) is 0 Å². The highest BCUT2D eigenvalue weighted by Crippen LogP contribution is 2.35. The highest BCUT2D eigenvalue weighted by molar-refractivity contribution is 4.89. The third-order valence-electron chi connectivity index (χ3n) is 7.83. The molecule has 1 aliphatic carbocycles. The van der Waals surface area contributed by atoms with Gasteiger partial charge in [-0.2, -0.15) is 0 Å². The summed E-state index contributed by atoms with van der Waals surface area (Å²) in [5, 5.41) is 3.82. The zero-order valence-corrected chi connectivity index (χ0v) is 19.9. The first-order valence-electron chi connectivity index (χ1n) is 12.3. The summed E-state index contributed by atoms with van der Waals surface area (Å²) in [7, 11) is 0. The Labute approximate surface area is 176 Å². The second-order valence-electron chi connectivity index (χ2n) is 12.3. The fourth-order valence-electron chi connectivity index (χ4n) is 6.05. The van der Waals surface area contributed by atoms with Gasteiger partial charge >= 0.3 is 0 Å². The Balaban J connectivity index is 1.33. The number of piperidine rings is 2. The molecule has 3 rings (SSSR count). The Kier molecular flexibility index (Phi) is 7.53. The maximum atomic E-state index is 3.82. The minimum absolute atomic E-state index is 0.261. The van der Waals surface area contributed by atoms with E-state index in [-0.39, 0.29) is 5.54 Å². The third kappa shape index (κ3) is 6.71. The van der Waals surface area contributed by atoms with Crippen LogP contribution < -0.4 is 5.32 Å². The Morgan fingerprint density at radius 3 is 1.79 bits per heavy atom. The van der Waals surface area contributed by atoms with E-state index in [0.29, 0.717) is 5.41 Å². The normalized spacial score (nSPS) is 30.6. The maximum Gasteiger partial charge on any atom is 0.00990 e. The number of nitrogens with one attached hydrogen (secondary N) is 1. The van der Waals surface area contributed by atoms with Crippen molar-refractivity contribution < 1.29 is 0 Å². The molecule has 2 saturated heterocycles. The Morgan fingerprint density at radius 2 is 1.29 bits per heavy atom. The molecule has 0 atom stereocenters. The second-order valence-corrected chi connectivity index (χ2v) is 12.3. The van der Waals surface area contributed by atoms with Crippen LogP contribution in [0.1, 0.15) is 92.9 Å². The molecule has 0 aromatic carbocycles. The van der Waals surface area contributed by atoms with Crippen LogP contribution in [0.4, 0.5) is 0 Å². The van der Waals surface area contributed by atoms with Gasteiger partial charge in [-0.1, -0.05) is 20.8 Å². The summed E-state index contributed by atoms with van der Waals surface area (Å²) in [6.07, 6.45) is 11.2. The van der Waals surface area contributed by atoms with E-state index in [4.69, 9.17) is 0 Å². The molecule has 28 heavy (non-hydrogen) atoms. The first-order chi connectivity index (χ1) is 13.1. The van der Waals surface area contributed by atoms with Gasteiger partial charge in [-0.25, -0.2) is 0 Å². The standard InChI is InChI=1S/C25H49N3/c1-24(2,3)21-13-15-27(16-14-21)19-20-11-17-28(18-12-20)23-9-7-22(8-10-23)26-25(4,5)6/h20-23,26H,7-19H2,1-6H3. The van der Waals surface area contributed by atoms with E-state index >= 15 is 0 Å². The highest BCUT2D eigenvalue weighted by Gasteiger charge is 2.32. The molecular weight excluding hydrogens is 342 g/mol. The van der Waals surface area contributed by atoms with Crippen LogP contribution in [-0.2, 0) is 0 Å². The third-order valence-corrected chi connectivity index (χ3v) is 7.83. The zero-order chi connectivity index (χ0) is 20.4. The lowest BCUT2D eigenvalue weighted by molar-refractivity contribution is 0.0643. The molecule has 164 valence electrons. The summed E-state index contributed by atoms with van der Waals surface area (Å²) in [5.74, 6) is 1.87. The predicted molar refractivity (Wildman–Crippen MR) is 122 cm³/mol. The van der Waals surface area contributed by atoms with Gasteiger partial charge in [0, 0.05) is 24.2 Å². The van der Waals surface area contributed by atoms with E-state index in [0.717, 1.165) is 23.9 Å². The molecule has 3 fully saturated rings. The van der Waals surface area contributed by atoms with Gasteiger partial charge < -0.3 is 15.1 Å². The van der Waals surface area contributed by atoms with Crippen LogP contribution in [0.5, 0.6) is 0 Å². The number of rotatable bonds is 4. The van der Waals surface area contributed by atoms with Crippen LogP contribution in [0.2, 0.25) is 0 Å². The molecule has 3 aliphatic rings. The molecule has 1 saturated carbocycles. The fraction of sp³-hybridized carbons (Fsp3) is 1.00. The van der Waals surface area contributed by atoms with Crippen LogP contribution in [0, 0.1) is 17.3 Å². The lowest BCUT2D eigenvalue weighted by Crippen LogP contribution is -2.50. The summed E-state index contributed by atoms with van der Waals surface area (Å²) >= 11 is 0. The van der Waals surface area contributed by atoms with Crippen molar-refractivity contribution in [2.24, 2.45) is 17.3 Å². The van der Waals surface area contributed by atoms with Crippen molar-refractivity contribution in [3.05, 3.63) is 0 Å². The fourth-order valence-corrected chi connectivity index (χ4v) is 6.05. The van der Waals surface area contributed by atoms with Gasteiger partial charge in [0.2, 0.25) is 0 Å². The molecule has 0 aromatic heterocycles. The van der Waals surface area contributed by atoms with E-state index in [1.165, 1.54) is 84.1 Å². The Morgan fingerprint density at radius 1 is 0.714 bits per heavy atom. The van der Waals surface area contributed by atoms with Gasteiger partial charge in [-0.3, -0.25) is 0 Å². The van der Waals surface area contributed by atoms with E-state index in [2.05, 4.69) is 56.7 Å². The highest BCUT2D eigenvalue weighted by atomic mass is 15.2. The molecular formula is C25H49N3. The van der Waals surface area contributed by atoms with Gasteiger partial charge in [-0.05, 0) is 116 Å². The average Bonchev–Trinajstić information content (AvgIpc) is 2.61. The van der Waals surface area contributed by atoms with Crippen molar-refractivity contribution in [2.75, 3.05) is 32.7 Å². The Bertz CT molecular complexity index is 451. The number of likely N-dealkylation sites (tertiary alicyclic amines) is 2. The SMILES string of the molecule is CC(C)(C)NC1CCC(N2CCC(CN3CCC(C(C)(C)C)CC3)CC2)CC1. The zero-order valence-electron chi connectivity index (χ0n) is 19.9. The van der Waals surface area contributed by atoms with Gasteiger partial charge in [0.05, 0.1) is 0 Å². The van der Waals surface area contributed by atoms with Crippen LogP contribution >= 0.6 is 0 Å². The molecule has 0 unspecified atom stereocenters. The lowest BCUT2D eigenvalue weighted by atomic mass is 9.75. The summed E-state index contributed by atoms with van der Waals surface area (Å²) in [6.45, 7) is 20.9. The molecule has 0 radical (unpaired) electrons. The molecule has 2 aliphatic heterocycles. The molecule has 1 N–H and O–H groups in total. The molecule has 0 amide bonds. The maximum absolute atomic E-state index is 3.82. The first kappa shape index (κ1) is 22.6. The number of hydrogen-bond donors (Lipinski definition) is 1. The van der Waals surface area contributed by atoms with Crippen LogP contribution in [-0.4, -0.2) is 60.1 Å². The predicted octanol–water partition coefficient (Wildman–Crippen LogP) is 5.16. The second kappa shape index (κ2) is 9.35. The van der Waals surface area contributed by atoms with Crippen LogP contribution in [0.3, 0.4) is 0 Å². The summed E-state index contributed by atoms with van der Waals surface area (Å²) in [6, 6.07) is 1.60. The molecule has 0 bridgehead atoms. The van der Waals surface area contributed by atoms with Crippen molar-refractivity contribution >= 4 is 0 Å². The first-order valence-corrected chi connectivity index (χ1v) is 12.3. The average molecular weight is 392 g/mol. The van der Waals surface area contributed by atoms with Gasteiger partial charge in [0.1, 0.15) is 0 Å². The monoisotopic (exact) mass is 391 g/mol. The molecule has 3 heteroatoms.